The van der Waals surface area contributed by atoms with Gasteiger partial charge in [0.2, 0.25) is 10.0 Å². The van der Waals surface area contributed by atoms with E-state index in [1.165, 1.54) is 0 Å². The highest BCUT2D eigenvalue weighted by atomic mass is 32.2. The van der Waals surface area contributed by atoms with Gasteiger partial charge in [-0.25, -0.2) is 13.1 Å². The molecule has 0 radical (unpaired) electrons. The Kier molecular flexibility index (Phi) is 7.31. The Labute approximate surface area is 127 Å². The first-order valence-electron chi connectivity index (χ1n) is 7.24. The minimum Gasteiger partial charge on any atom is -0.380 e. The molecule has 5 nitrogen and oxygen atoms in total. The summed E-state index contributed by atoms with van der Waals surface area (Å²) in [4.78, 5) is 0. The minimum absolute atomic E-state index is 0.0598. The van der Waals surface area contributed by atoms with E-state index in [1.807, 2.05) is 39.0 Å². The average Bonchev–Trinajstić information content (AvgIpc) is 2.43. The third-order valence-corrected chi connectivity index (χ3v) is 4.67. The largest absolute Gasteiger partial charge is 0.380 e. The first-order chi connectivity index (χ1) is 9.89. The highest BCUT2D eigenvalue weighted by Crippen LogP contribution is 2.13. The molecule has 1 rings (SSSR count). The van der Waals surface area contributed by atoms with E-state index in [-0.39, 0.29) is 17.7 Å². The summed E-state index contributed by atoms with van der Waals surface area (Å²) in [7, 11) is -3.43. The maximum absolute atomic E-state index is 12.3. The molecule has 1 atom stereocenters. The van der Waals surface area contributed by atoms with Crippen molar-refractivity contribution in [2.45, 2.75) is 39.1 Å². The fourth-order valence-electron chi connectivity index (χ4n) is 1.98. The Morgan fingerprint density at radius 2 is 1.86 bits per heavy atom. The summed E-state index contributed by atoms with van der Waals surface area (Å²) >= 11 is 0. The van der Waals surface area contributed by atoms with Gasteiger partial charge < -0.3 is 10.5 Å². The highest BCUT2D eigenvalue weighted by Gasteiger charge is 2.22. The van der Waals surface area contributed by atoms with Gasteiger partial charge in [-0.15, -0.1) is 0 Å². The van der Waals surface area contributed by atoms with Crippen LogP contribution in [0.5, 0.6) is 0 Å². The normalized spacial score (nSPS) is 13.6. The Bertz CT molecular complexity index is 529. The van der Waals surface area contributed by atoms with Gasteiger partial charge in [-0.05, 0) is 24.0 Å². The molecule has 0 amide bonds. The Morgan fingerprint density at radius 3 is 2.38 bits per heavy atom. The van der Waals surface area contributed by atoms with Crippen LogP contribution in [-0.2, 0) is 27.1 Å². The van der Waals surface area contributed by atoms with E-state index in [9.17, 15) is 8.42 Å². The SMILES string of the molecule is CCOCC(NS(=O)(=O)Cc1ccccc1CN)C(C)C. The van der Waals surface area contributed by atoms with Crippen molar-refractivity contribution in [1.29, 1.82) is 0 Å². The zero-order valence-electron chi connectivity index (χ0n) is 13.0. The first-order valence-corrected chi connectivity index (χ1v) is 8.89. The lowest BCUT2D eigenvalue weighted by Crippen LogP contribution is -2.42. The topological polar surface area (TPSA) is 81.4 Å². The van der Waals surface area contributed by atoms with Crippen LogP contribution in [-0.4, -0.2) is 27.7 Å². The summed E-state index contributed by atoms with van der Waals surface area (Å²) in [5.74, 6) is 0.103. The number of nitrogens with one attached hydrogen (secondary N) is 1. The summed E-state index contributed by atoms with van der Waals surface area (Å²) in [6.07, 6.45) is 0. The molecule has 0 aliphatic rings. The molecule has 1 unspecified atom stereocenters. The number of benzene rings is 1. The van der Waals surface area contributed by atoms with Crippen LogP contribution in [0.15, 0.2) is 24.3 Å². The van der Waals surface area contributed by atoms with Gasteiger partial charge in [-0.2, -0.15) is 0 Å². The molecule has 0 aliphatic carbocycles. The van der Waals surface area contributed by atoms with Crippen LogP contribution in [0.2, 0.25) is 0 Å². The summed E-state index contributed by atoms with van der Waals surface area (Å²) in [5.41, 5.74) is 7.25. The lowest BCUT2D eigenvalue weighted by atomic mass is 10.1. The van der Waals surface area contributed by atoms with Gasteiger partial charge in [0.05, 0.1) is 12.4 Å². The standard InChI is InChI=1S/C15H26N2O3S/c1-4-20-10-15(12(2)3)17-21(18,19)11-14-8-6-5-7-13(14)9-16/h5-8,12,15,17H,4,9-11,16H2,1-3H3. The molecule has 0 spiro atoms. The fourth-order valence-corrected chi connectivity index (χ4v) is 3.56. The summed E-state index contributed by atoms with van der Waals surface area (Å²) in [6, 6.07) is 7.11. The van der Waals surface area contributed by atoms with E-state index in [2.05, 4.69) is 4.72 Å². The Hall–Kier alpha value is -0.950. The van der Waals surface area contributed by atoms with Crippen molar-refractivity contribution in [2.24, 2.45) is 11.7 Å². The zero-order chi connectivity index (χ0) is 15.9. The predicted octanol–water partition coefficient (Wildman–Crippen LogP) is 1.63. The van der Waals surface area contributed by atoms with Gasteiger partial charge in [-0.1, -0.05) is 38.1 Å². The smallest absolute Gasteiger partial charge is 0.216 e. The average molecular weight is 314 g/mol. The molecule has 21 heavy (non-hydrogen) atoms. The van der Waals surface area contributed by atoms with Gasteiger partial charge >= 0.3 is 0 Å². The number of hydrogen-bond donors (Lipinski definition) is 2. The fraction of sp³-hybridized carbons (Fsp3) is 0.600. The summed E-state index contributed by atoms with van der Waals surface area (Å²) in [5, 5.41) is 0. The van der Waals surface area contributed by atoms with Crippen LogP contribution in [0, 0.1) is 5.92 Å². The maximum atomic E-state index is 12.3. The second-order valence-electron chi connectivity index (χ2n) is 5.36. The molecule has 0 bridgehead atoms. The molecule has 0 heterocycles. The van der Waals surface area contributed by atoms with Crippen LogP contribution in [0.25, 0.3) is 0 Å². The van der Waals surface area contributed by atoms with Crippen LogP contribution in [0.3, 0.4) is 0 Å². The molecule has 0 saturated carbocycles. The molecule has 3 N–H and O–H groups in total. The molecule has 1 aromatic carbocycles. The van der Waals surface area contributed by atoms with Crippen molar-refractivity contribution < 1.29 is 13.2 Å². The van der Waals surface area contributed by atoms with Crippen LogP contribution in [0.4, 0.5) is 0 Å². The van der Waals surface area contributed by atoms with Crippen molar-refractivity contribution >= 4 is 10.0 Å². The Balaban J connectivity index is 2.80. The number of sulfonamides is 1. The summed E-state index contributed by atoms with van der Waals surface area (Å²) < 4.78 is 32.8. The molecule has 120 valence electrons. The van der Waals surface area contributed by atoms with E-state index < -0.39 is 10.0 Å². The van der Waals surface area contributed by atoms with Crippen LogP contribution >= 0.6 is 0 Å². The monoisotopic (exact) mass is 314 g/mol. The number of nitrogens with two attached hydrogens (primary N) is 1. The lowest BCUT2D eigenvalue weighted by molar-refractivity contribution is 0.116. The molecular weight excluding hydrogens is 288 g/mol. The Morgan fingerprint density at radius 1 is 1.24 bits per heavy atom. The summed E-state index contributed by atoms with van der Waals surface area (Å²) in [6.45, 7) is 7.12. The van der Waals surface area contributed by atoms with Gasteiger partial charge in [-0.3, -0.25) is 0 Å². The number of rotatable bonds is 9. The van der Waals surface area contributed by atoms with Crippen molar-refractivity contribution in [3.05, 3.63) is 35.4 Å². The van der Waals surface area contributed by atoms with Crippen molar-refractivity contribution in [3.8, 4) is 0 Å². The quantitative estimate of drug-likeness (QED) is 0.726. The van der Waals surface area contributed by atoms with E-state index in [1.54, 1.807) is 6.07 Å². The van der Waals surface area contributed by atoms with E-state index in [4.69, 9.17) is 10.5 Å². The third kappa shape index (κ3) is 6.13. The van der Waals surface area contributed by atoms with E-state index >= 15 is 0 Å². The van der Waals surface area contributed by atoms with Gasteiger partial charge in [0.25, 0.3) is 0 Å². The minimum atomic E-state index is -3.43. The van der Waals surface area contributed by atoms with E-state index in [0.29, 0.717) is 19.8 Å². The second kappa shape index (κ2) is 8.48. The van der Waals surface area contributed by atoms with Gasteiger partial charge in [0, 0.05) is 19.2 Å². The van der Waals surface area contributed by atoms with Crippen LogP contribution < -0.4 is 10.5 Å². The third-order valence-electron chi connectivity index (χ3n) is 3.32. The van der Waals surface area contributed by atoms with Crippen molar-refractivity contribution in [2.75, 3.05) is 13.2 Å². The molecule has 0 aromatic heterocycles. The second-order valence-corrected chi connectivity index (χ2v) is 7.11. The van der Waals surface area contributed by atoms with Crippen molar-refractivity contribution in [3.63, 3.8) is 0 Å². The molecule has 0 fully saturated rings. The van der Waals surface area contributed by atoms with Gasteiger partial charge in [0.15, 0.2) is 0 Å². The molecular formula is C15H26N2O3S. The maximum Gasteiger partial charge on any atom is 0.216 e. The molecule has 0 saturated heterocycles. The molecule has 6 heteroatoms. The van der Waals surface area contributed by atoms with Crippen LogP contribution in [0.1, 0.15) is 31.9 Å². The molecule has 1 aromatic rings. The van der Waals surface area contributed by atoms with E-state index in [0.717, 1.165) is 11.1 Å². The first kappa shape index (κ1) is 18.1. The van der Waals surface area contributed by atoms with Gasteiger partial charge in [0.1, 0.15) is 0 Å². The molecule has 0 aliphatic heterocycles. The number of ether oxygens (including phenoxy) is 1. The highest BCUT2D eigenvalue weighted by molar-refractivity contribution is 7.88. The zero-order valence-corrected chi connectivity index (χ0v) is 13.8. The predicted molar refractivity (Wildman–Crippen MR) is 85.2 cm³/mol. The lowest BCUT2D eigenvalue weighted by Gasteiger charge is -2.22. The van der Waals surface area contributed by atoms with Crippen molar-refractivity contribution in [1.82, 2.24) is 4.72 Å². The number of hydrogen-bond acceptors (Lipinski definition) is 4.